The van der Waals surface area contributed by atoms with E-state index in [-0.39, 0.29) is 5.92 Å². The van der Waals surface area contributed by atoms with Crippen molar-refractivity contribution in [1.29, 1.82) is 0 Å². The average Bonchev–Trinajstić information content (AvgIpc) is 2.40. The van der Waals surface area contributed by atoms with Crippen LogP contribution in [0.15, 0.2) is 42.5 Å². The van der Waals surface area contributed by atoms with Gasteiger partial charge in [-0.25, -0.2) is 0 Å². The third-order valence-corrected chi connectivity index (χ3v) is 3.76. The SMILES string of the molecule is Cc1cc(C)c2c(c1)OC[C@H](O)[C@H]2c1ccccc1. The standard InChI is InChI=1S/C17H18O2/c1-11-8-12(2)16-15(9-11)19-10-14(18)17(16)13-6-4-3-5-7-13/h3-9,14,17-18H,10H2,1-2H3/t14-,17+/m0/s1. The highest BCUT2D eigenvalue weighted by atomic mass is 16.5. The number of hydrogen-bond acceptors (Lipinski definition) is 2. The van der Waals surface area contributed by atoms with E-state index in [9.17, 15) is 5.11 Å². The van der Waals surface area contributed by atoms with Crippen LogP contribution in [0, 0.1) is 13.8 Å². The Kier molecular flexibility index (Phi) is 3.03. The van der Waals surface area contributed by atoms with E-state index in [1.807, 2.05) is 18.2 Å². The van der Waals surface area contributed by atoms with Crippen LogP contribution in [0.25, 0.3) is 0 Å². The molecule has 0 unspecified atom stereocenters. The number of rotatable bonds is 1. The molecule has 0 amide bonds. The number of aliphatic hydroxyl groups is 1. The first kappa shape index (κ1) is 12.2. The maximum absolute atomic E-state index is 10.3. The highest BCUT2D eigenvalue weighted by Crippen LogP contribution is 2.40. The van der Waals surface area contributed by atoms with Crippen LogP contribution in [0.4, 0.5) is 0 Å². The lowest BCUT2D eigenvalue weighted by atomic mass is 9.82. The summed E-state index contributed by atoms with van der Waals surface area (Å²) in [5.41, 5.74) is 4.64. The van der Waals surface area contributed by atoms with Crippen molar-refractivity contribution in [2.45, 2.75) is 25.9 Å². The van der Waals surface area contributed by atoms with Crippen molar-refractivity contribution in [3.63, 3.8) is 0 Å². The summed E-state index contributed by atoms with van der Waals surface area (Å²) in [7, 11) is 0. The fourth-order valence-electron chi connectivity index (χ4n) is 2.97. The van der Waals surface area contributed by atoms with Gasteiger partial charge in [0.2, 0.25) is 0 Å². The van der Waals surface area contributed by atoms with E-state index >= 15 is 0 Å². The lowest BCUT2D eigenvalue weighted by Gasteiger charge is -2.32. The quantitative estimate of drug-likeness (QED) is 0.847. The molecular formula is C17H18O2. The second kappa shape index (κ2) is 4.71. The van der Waals surface area contributed by atoms with Crippen LogP contribution in [-0.4, -0.2) is 17.8 Å². The van der Waals surface area contributed by atoms with Gasteiger partial charge >= 0.3 is 0 Å². The van der Waals surface area contributed by atoms with Gasteiger partial charge in [0, 0.05) is 11.5 Å². The Bertz CT molecular complexity index is 590. The molecular weight excluding hydrogens is 236 g/mol. The summed E-state index contributed by atoms with van der Waals surface area (Å²) in [6.45, 7) is 4.51. The maximum Gasteiger partial charge on any atom is 0.123 e. The molecule has 2 atom stereocenters. The van der Waals surface area contributed by atoms with Crippen LogP contribution in [0.1, 0.15) is 28.2 Å². The molecule has 0 aliphatic carbocycles. The van der Waals surface area contributed by atoms with E-state index in [2.05, 4.69) is 38.1 Å². The number of aryl methyl sites for hydroxylation is 2. The molecule has 98 valence electrons. The molecule has 2 aromatic rings. The normalized spacial score (nSPS) is 21.6. The van der Waals surface area contributed by atoms with Crippen LogP contribution in [0.5, 0.6) is 5.75 Å². The highest BCUT2D eigenvalue weighted by Gasteiger charge is 2.32. The third kappa shape index (κ3) is 2.13. The fourth-order valence-corrected chi connectivity index (χ4v) is 2.97. The molecule has 2 aromatic carbocycles. The molecule has 2 heteroatoms. The number of fused-ring (bicyclic) bond motifs is 1. The summed E-state index contributed by atoms with van der Waals surface area (Å²) < 4.78 is 5.70. The third-order valence-electron chi connectivity index (χ3n) is 3.76. The summed E-state index contributed by atoms with van der Waals surface area (Å²) in [5.74, 6) is 0.919. The minimum atomic E-state index is -0.490. The topological polar surface area (TPSA) is 29.5 Å². The lowest BCUT2D eigenvalue weighted by Crippen LogP contribution is -2.32. The first-order chi connectivity index (χ1) is 9.16. The zero-order valence-corrected chi connectivity index (χ0v) is 11.3. The largest absolute Gasteiger partial charge is 0.491 e. The summed E-state index contributed by atoms with van der Waals surface area (Å²) >= 11 is 0. The van der Waals surface area contributed by atoms with Gasteiger partial charge in [0.05, 0.1) is 6.10 Å². The van der Waals surface area contributed by atoms with Crippen LogP contribution >= 0.6 is 0 Å². The zero-order valence-electron chi connectivity index (χ0n) is 11.3. The van der Waals surface area contributed by atoms with Crippen LogP contribution < -0.4 is 4.74 Å². The van der Waals surface area contributed by atoms with Gasteiger partial charge in [0.25, 0.3) is 0 Å². The predicted octanol–water partition coefficient (Wildman–Crippen LogP) is 3.19. The van der Waals surface area contributed by atoms with E-state index < -0.39 is 6.10 Å². The molecule has 2 nitrogen and oxygen atoms in total. The molecule has 0 aromatic heterocycles. The fraction of sp³-hybridized carbons (Fsp3) is 0.294. The number of benzene rings is 2. The molecule has 0 radical (unpaired) electrons. The van der Waals surface area contributed by atoms with Crippen molar-refractivity contribution in [3.05, 3.63) is 64.7 Å². The Morgan fingerprint density at radius 2 is 1.84 bits per heavy atom. The summed E-state index contributed by atoms with van der Waals surface area (Å²) in [6, 6.07) is 14.4. The second-order valence-electron chi connectivity index (χ2n) is 5.26. The second-order valence-corrected chi connectivity index (χ2v) is 5.26. The summed E-state index contributed by atoms with van der Waals surface area (Å²) in [4.78, 5) is 0. The Hall–Kier alpha value is -1.80. The summed E-state index contributed by atoms with van der Waals surface area (Å²) in [6.07, 6.45) is -0.490. The van der Waals surface area contributed by atoms with Crippen molar-refractivity contribution in [2.75, 3.05) is 6.61 Å². The van der Waals surface area contributed by atoms with E-state index in [1.54, 1.807) is 0 Å². The Morgan fingerprint density at radius 1 is 1.11 bits per heavy atom. The molecule has 0 saturated carbocycles. The Balaban J connectivity index is 2.17. The van der Waals surface area contributed by atoms with E-state index in [4.69, 9.17) is 4.74 Å². The number of ether oxygens (including phenoxy) is 1. The van der Waals surface area contributed by atoms with Gasteiger partial charge in [-0.05, 0) is 36.6 Å². The molecule has 3 rings (SSSR count). The van der Waals surface area contributed by atoms with Crippen molar-refractivity contribution in [1.82, 2.24) is 0 Å². The average molecular weight is 254 g/mol. The molecule has 0 saturated heterocycles. The highest BCUT2D eigenvalue weighted by molar-refractivity contribution is 5.51. The predicted molar refractivity (Wildman–Crippen MR) is 75.7 cm³/mol. The molecule has 19 heavy (non-hydrogen) atoms. The lowest BCUT2D eigenvalue weighted by molar-refractivity contribution is 0.0767. The van der Waals surface area contributed by atoms with Gasteiger partial charge in [-0.3, -0.25) is 0 Å². The van der Waals surface area contributed by atoms with Crippen molar-refractivity contribution < 1.29 is 9.84 Å². The van der Waals surface area contributed by atoms with Gasteiger partial charge in [-0.1, -0.05) is 36.4 Å². The van der Waals surface area contributed by atoms with Gasteiger partial charge in [0.15, 0.2) is 0 Å². The van der Waals surface area contributed by atoms with Gasteiger partial charge < -0.3 is 9.84 Å². The molecule has 0 spiro atoms. The van der Waals surface area contributed by atoms with Crippen LogP contribution in [0.2, 0.25) is 0 Å². The molecule has 0 bridgehead atoms. The van der Waals surface area contributed by atoms with E-state index in [0.717, 1.165) is 16.9 Å². The first-order valence-corrected chi connectivity index (χ1v) is 6.64. The van der Waals surface area contributed by atoms with Crippen molar-refractivity contribution in [2.24, 2.45) is 0 Å². The molecule has 1 aliphatic heterocycles. The van der Waals surface area contributed by atoms with Crippen molar-refractivity contribution in [3.8, 4) is 5.75 Å². The molecule has 0 fully saturated rings. The Labute approximate surface area is 113 Å². The zero-order chi connectivity index (χ0) is 13.4. The van der Waals surface area contributed by atoms with E-state index in [0.29, 0.717) is 6.61 Å². The molecule has 1 N–H and O–H groups in total. The van der Waals surface area contributed by atoms with Crippen molar-refractivity contribution >= 4 is 0 Å². The minimum absolute atomic E-state index is 0.00514. The maximum atomic E-state index is 10.3. The van der Waals surface area contributed by atoms with Crippen LogP contribution in [0.3, 0.4) is 0 Å². The smallest absolute Gasteiger partial charge is 0.123 e. The Morgan fingerprint density at radius 3 is 2.58 bits per heavy atom. The van der Waals surface area contributed by atoms with Gasteiger partial charge in [-0.2, -0.15) is 0 Å². The van der Waals surface area contributed by atoms with Gasteiger partial charge in [-0.15, -0.1) is 0 Å². The van der Waals surface area contributed by atoms with Crippen LogP contribution in [-0.2, 0) is 0 Å². The van der Waals surface area contributed by atoms with E-state index in [1.165, 1.54) is 11.1 Å². The minimum Gasteiger partial charge on any atom is -0.491 e. The molecule has 1 aliphatic rings. The molecule has 1 heterocycles. The van der Waals surface area contributed by atoms with Gasteiger partial charge in [0.1, 0.15) is 12.4 Å². The monoisotopic (exact) mass is 254 g/mol. The first-order valence-electron chi connectivity index (χ1n) is 6.64. The summed E-state index contributed by atoms with van der Waals surface area (Å²) in [5, 5.41) is 10.3. The number of hydrogen-bond donors (Lipinski definition) is 1. The number of aliphatic hydroxyl groups excluding tert-OH is 1.